The quantitative estimate of drug-likeness (QED) is 0.771. The van der Waals surface area contributed by atoms with Crippen LogP contribution in [-0.4, -0.2) is 43.2 Å². The Hall–Kier alpha value is -0.420. The molecule has 0 aliphatic rings. The monoisotopic (exact) mass is 228 g/mol. The standard InChI is InChI=1S/C11H20N2OS/c1-9(12-6-7-13(2)3)11(14)10-5-4-8-15-10/h4-5,8-9,11-12,14H,6-7H2,1-3H3. The fourth-order valence-corrected chi connectivity index (χ4v) is 2.15. The number of rotatable bonds is 6. The molecule has 0 saturated carbocycles. The van der Waals surface area contributed by atoms with Crippen LogP contribution in [0.15, 0.2) is 17.5 Å². The van der Waals surface area contributed by atoms with E-state index < -0.39 is 6.10 Å². The molecule has 15 heavy (non-hydrogen) atoms. The van der Waals surface area contributed by atoms with Crippen LogP contribution in [0.2, 0.25) is 0 Å². The van der Waals surface area contributed by atoms with E-state index in [4.69, 9.17) is 0 Å². The summed E-state index contributed by atoms with van der Waals surface area (Å²) in [5.74, 6) is 0. The Kier molecular flexibility index (Phi) is 5.25. The van der Waals surface area contributed by atoms with Crippen LogP contribution in [-0.2, 0) is 0 Å². The highest BCUT2D eigenvalue weighted by Crippen LogP contribution is 2.21. The van der Waals surface area contributed by atoms with E-state index in [1.807, 2.05) is 38.5 Å². The average molecular weight is 228 g/mol. The van der Waals surface area contributed by atoms with Crippen LogP contribution in [0.4, 0.5) is 0 Å². The summed E-state index contributed by atoms with van der Waals surface area (Å²) in [6.07, 6.45) is -0.396. The molecule has 0 saturated heterocycles. The molecule has 0 aromatic carbocycles. The average Bonchev–Trinajstić information content (AvgIpc) is 2.68. The molecule has 0 spiro atoms. The van der Waals surface area contributed by atoms with E-state index in [0.717, 1.165) is 18.0 Å². The van der Waals surface area contributed by atoms with Crippen molar-refractivity contribution in [3.63, 3.8) is 0 Å². The summed E-state index contributed by atoms with van der Waals surface area (Å²) in [5, 5.41) is 15.3. The van der Waals surface area contributed by atoms with Crippen LogP contribution in [0, 0.1) is 0 Å². The number of aliphatic hydroxyl groups excluding tert-OH is 1. The van der Waals surface area contributed by atoms with Gasteiger partial charge in [-0.25, -0.2) is 0 Å². The molecule has 0 radical (unpaired) electrons. The minimum Gasteiger partial charge on any atom is -0.386 e. The van der Waals surface area contributed by atoms with Gasteiger partial charge in [0.05, 0.1) is 0 Å². The van der Waals surface area contributed by atoms with Crippen LogP contribution in [0.1, 0.15) is 17.9 Å². The van der Waals surface area contributed by atoms with Crippen LogP contribution in [0.25, 0.3) is 0 Å². The Morgan fingerprint density at radius 3 is 2.80 bits per heavy atom. The third-order valence-electron chi connectivity index (χ3n) is 2.33. The first-order valence-electron chi connectivity index (χ1n) is 5.21. The fraction of sp³-hybridized carbons (Fsp3) is 0.636. The third-order valence-corrected chi connectivity index (χ3v) is 3.28. The lowest BCUT2D eigenvalue weighted by molar-refractivity contribution is 0.138. The molecule has 2 N–H and O–H groups in total. The zero-order valence-electron chi connectivity index (χ0n) is 9.60. The number of hydrogen-bond acceptors (Lipinski definition) is 4. The van der Waals surface area contributed by atoms with Gasteiger partial charge in [0, 0.05) is 24.0 Å². The second kappa shape index (κ2) is 6.23. The molecule has 2 unspecified atom stereocenters. The van der Waals surface area contributed by atoms with Gasteiger partial charge in [-0.05, 0) is 32.5 Å². The van der Waals surface area contributed by atoms with Crippen molar-refractivity contribution in [2.24, 2.45) is 0 Å². The van der Waals surface area contributed by atoms with Crippen LogP contribution >= 0.6 is 11.3 Å². The number of hydrogen-bond donors (Lipinski definition) is 2. The summed E-state index contributed by atoms with van der Waals surface area (Å²) < 4.78 is 0. The molecule has 1 heterocycles. The van der Waals surface area contributed by atoms with E-state index in [9.17, 15) is 5.11 Å². The first-order chi connectivity index (χ1) is 7.11. The highest BCUT2D eigenvalue weighted by atomic mass is 32.1. The molecule has 4 heteroatoms. The predicted octanol–water partition coefficient (Wildman–Crippen LogP) is 1.32. The van der Waals surface area contributed by atoms with Gasteiger partial charge in [0.1, 0.15) is 6.10 Å². The van der Waals surface area contributed by atoms with Gasteiger partial charge in [-0.1, -0.05) is 6.07 Å². The largest absolute Gasteiger partial charge is 0.386 e. The molecule has 1 aromatic rings. The van der Waals surface area contributed by atoms with E-state index >= 15 is 0 Å². The summed E-state index contributed by atoms with van der Waals surface area (Å²) in [5.41, 5.74) is 0. The Morgan fingerprint density at radius 1 is 1.53 bits per heavy atom. The molecule has 0 aliphatic carbocycles. The first-order valence-corrected chi connectivity index (χ1v) is 6.09. The van der Waals surface area contributed by atoms with Gasteiger partial charge in [-0.3, -0.25) is 0 Å². The minimum atomic E-state index is -0.396. The maximum atomic E-state index is 9.98. The van der Waals surface area contributed by atoms with Crippen molar-refractivity contribution in [1.29, 1.82) is 0 Å². The van der Waals surface area contributed by atoms with Crippen molar-refractivity contribution in [2.45, 2.75) is 19.1 Å². The predicted molar refractivity (Wildman–Crippen MR) is 65.3 cm³/mol. The summed E-state index contributed by atoms with van der Waals surface area (Å²) in [7, 11) is 4.09. The SMILES string of the molecule is CC(NCCN(C)C)C(O)c1cccs1. The normalized spacial score (nSPS) is 15.5. The van der Waals surface area contributed by atoms with Gasteiger partial charge in [0.15, 0.2) is 0 Å². The van der Waals surface area contributed by atoms with E-state index in [1.165, 1.54) is 0 Å². The maximum absolute atomic E-state index is 9.98. The number of nitrogens with zero attached hydrogens (tertiary/aromatic N) is 1. The van der Waals surface area contributed by atoms with Gasteiger partial charge in [0.25, 0.3) is 0 Å². The molecular weight excluding hydrogens is 208 g/mol. The van der Waals surface area contributed by atoms with Crippen LogP contribution in [0.3, 0.4) is 0 Å². The van der Waals surface area contributed by atoms with Crippen molar-refractivity contribution in [3.05, 3.63) is 22.4 Å². The molecule has 0 fully saturated rings. The Morgan fingerprint density at radius 2 is 2.27 bits per heavy atom. The van der Waals surface area contributed by atoms with E-state index in [0.29, 0.717) is 0 Å². The van der Waals surface area contributed by atoms with Gasteiger partial charge < -0.3 is 15.3 Å². The van der Waals surface area contributed by atoms with Crippen molar-refractivity contribution < 1.29 is 5.11 Å². The lowest BCUT2D eigenvalue weighted by Crippen LogP contribution is -2.36. The highest BCUT2D eigenvalue weighted by Gasteiger charge is 2.16. The van der Waals surface area contributed by atoms with Crippen molar-refractivity contribution in [3.8, 4) is 0 Å². The number of aliphatic hydroxyl groups is 1. The Balaban J connectivity index is 2.31. The van der Waals surface area contributed by atoms with E-state index in [2.05, 4.69) is 10.2 Å². The summed E-state index contributed by atoms with van der Waals surface area (Å²) in [4.78, 5) is 3.15. The first kappa shape index (κ1) is 12.6. The van der Waals surface area contributed by atoms with E-state index in [-0.39, 0.29) is 6.04 Å². The zero-order valence-corrected chi connectivity index (χ0v) is 10.4. The topological polar surface area (TPSA) is 35.5 Å². The van der Waals surface area contributed by atoms with Gasteiger partial charge in [-0.15, -0.1) is 11.3 Å². The molecular formula is C11H20N2OS. The third kappa shape index (κ3) is 4.30. The second-order valence-corrected chi connectivity index (χ2v) is 4.99. The van der Waals surface area contributed by atoms with Crippen molar-refractivity contribution in [1.82, 2.24) is 10.2 Å². The second-order valence-electron chi connectivity index (χ2n) is 4.01. The molecule has 1 rings (SSSR count). The number of nitrogens with one attached hydrogen (secondary N) is 1. The summed E-state index contributed by atoms with van der Waals surface area (Å²) in [6.45, 7) is 3.90. The van der Waals surface area contributed by atoms with Crippen molar-refractivity contribution in [2.75, 3.05) is 27.2 Å². The number of thiophene rings is 1. The minimum absolute atomic E-state index is 0.101. The molecule has 0 aliphatic heterocycles. The van der Waals surface area contributed by atoms with Crippen LogP contribution < -0.4 is 5.32 Å². The van der Waals surface area contributed by atoms with Gasteiger partial charge in [-0.2, -0.15) is 0 Å². The molecule has 86 valence electrons. The van der Waals surface area contributed by atoms with Crippen LogP contribution in [0.5, 0.6) is 0 Å². The number of likely N-dealkylation sites (N-methyl/N-ethyl adjacent to an activating group) is 1. The highest BCUT2D eigenvalue weighted by molar-refractivity contribution is 7.10. The summed E-state index contributed by atoms with van der Waals surface area (Å²) in [6, 6.07) is 4.04. The van der Waals surface area contributed by atoms with Gasteiger partial charge in [0.2, 0.25) is 0 Å². The molecule has 3 nitrogen and oxygen atoms in total. The molecule has 0 bridgehead atoms. The Bertz CT molecular complexity index is 262. The van der Waals surface area contributed by atoms with Crippen molar-refractivity contribution >= 4 is 11.3 Å². The zero-order chi connectivity index (χ0) is 11.3. The molecule has 2 atom stereocenters. The molecule has 1 aromatic heterocycles. The lowest BCUT2D eigenvalue weighted by atomic mass is 10.1. The molecule has 0 amide bonds. The Labute approximate surface area is 95.7 Å². The van der Waals surface area contributed by atoms with E-state index in [1.54, 1.807) is 11.3 Å². The lowest BCUT2D eigenvalue weighted by Gasteiger charge is -2.20. The fourth-order valence-electron chi connectivity index (χ4n) is 1.33. The maximum Gasteiger partial charge on any atom is 0.103 e. The summed E-state index contributed by atoms with van der Waals surface area (Å²) >= 11 is 1.60. The smallest absolute Gasteiger partial charge is 0.103 e. The van der Waals surface area contributed by atoms with Gasteiger partial charge >= 0.3 is 0 Å².